The van der Waals surface area contributed by atoms with Crippen molar-refractivity contribution in [1.82, 2.24) is 19.8 Å². The molecule has 0 spiro atoms. The number of carbonyl (C=O) groups is 1. The van der Waals surface area contributed by atoms with Gasteiger partial charge < -0.3 is 14.5 Å². The Kier molecular flexibility index (Phi) is 7.33. The van der Waals surface area contributed by atoms with Gasteiger partial charge in [0.15, 0.2) is 0 Å². The average molecular weight is 416 g/mol. The normalized spacial score (nSPS) is 17.0. The minimum absolute atomic E-state index is 0.114. The molecule has 1 unspecified atom stereocenters. The molecule has 1 saturated heterocycles. The van der Waals surface area contributed by atoms with Crippen molar-refractivity contribution in [1.29, 1.82) is 0 Å². The zero-order chi connectivity index (χ0) is 21.7. The number of benzene rings is 1. The maximum absolute atomic E-state index is 13.9. The highest BCUT2D eigenvalue weighted by molar-refractivity contribution is 5.78. The van der Waals surface area contributed by atoms with Crippen LogP contribution in [0.25, 0.3) is 11.1 Å². The van der Waals surface area contributed by atoms with Gasteiger partial charge in [-0.3, -0.25) is 9.69 Å². The molecule has 0 N–H and O–H groups in total. The number of anilines is 1. The number of hydrogen-bond acceptors (Lipinski definition) is 6. The molecule has 1 amide bonds. The molecule has 1 aromatic heterocycles. The monoisotopic (exact) mass is 415 g/mol. The summed E-state index contributed by atoms with van der Waals surface area (Å²) in [7, 11) is 3.75. The van der Waals surface area contributed by atoms with Gasteiger partial charge in [-0.05, 0) is 31.5 Å². The van der Waals surface area contributed by atoms with Crippen LogP contribution in [-0.2, 0) is 9.53 Å². The number of ether oxygens (including phenoxy) is 1. The Balaban J connectivity index is 1.89. The van der Waals surface area contributed by atoms with E-state index < -0.39 is 0 Å². The molecule has 1 aromatic carbocycles. The van der Waals surface area contributed by atoms with Crippen LogP contribution in [0.1, 0.15) is 25.6 Å². The summed E-state index contributed by atoms with van der Waals surface area (Å²) in [5, 5.41) is 0. The molecule has 0 radical (unpaired) electrons. The number of rotatable bonds is 7. The van der Waals surface area contributed by atoms with E-state index in [1.165, 1.54) is 12.1 Å². The van der Waals surface area contributed by atoms with Crippen LogP contribution in [0.15, 0.2) is 30.5 Å². The van der Waals surface area contributed by atoms with E-state index in [1.54, 1.807) is 12.3 Å². The molecule has 0 bridgehead atoms. The topological polar surface area (TPSA) is 61.8 Å². The van der Waals surface area contributed by atoms with Crippen molar-refractivity contribution in [2.45, 2.75) is 20.0 Å². The van der Waals surface area contributed by atoms with E-state index in [2.05, 4.69) is 9.88 Å². The molecule has 8 heteroatoms. The van der Waals surface area contributed by atoms with Crippen LogP contribution in [-0.4, -0.2) is 79.1 Å². The van der Waals surface area contributed by atoms with Gasteiger partial charge in [0.25, 0.3) is 0 Å². The van der Waals surface area contributed by atoms with Crippen LogP contribution in [0.5, 0.6) is 0 Å². The third kappa shape index (κ3) is 5.12. The van der Waals surface area contributed by atoms with Crippen LogP contribution in [0.3, 0.4) is 0 Å². The van der Waals surface area contributed by atoms with Crippen molar-refractivity contribution in [3.8, 4) is 11.1 Å². The number of likely N-dealkylation sites (N-methyl/N-ethyl adjacent to an activating group) is 1. The highest BCUT2D eigenvalue weighted by Gasteiger charge is 2.28. The first-order chi connectivity index (χ1) is 14.4. The van der Waals surface area contributed by atoms with Gasteiger partial charge in [-0.1, -0.05) is 12.1 Å². The second-order valence-electron chi connectivity index (χ2n) is 7.53. The Morgan fingerprint density at radius 3 is 2.73 bits per heavy atom. The summed E-state index contributed by atoms with van der Waals surface area (Å²) in [5.41, 5.74) is 2.15. The SMILES string of the molecule is CCN(CC)C(=O)CN1CCOC(c2nc(N(C)C)ncc2-c2cccc(F)c2)C1. The summed E-state index contributed by atoms with van der Waals surface area (Å²) in [6.45, 7) is 7.44. The molecule has 7 nitrogen and oxygen atoms in total. The van der Waals surface area contributed by atoms with Crippen LogP contribution >= 0.6 is 0 Å². The number of aromatic nitrogens is 2. The van der Waals surface area contributed by atoms with E-state index >= 15 is 0 Å². The summed E-state index contributed by atoms with van der Waals surface area (Å²) in [4.78, 5) is 27.5. The minimum atomic E-state index is -0.330. The van der Waals surface area contributed by atoms with Crippen LogP contribution in [0.4, 0.5) is 10.3 Å². The molecule has 30 heavy (non-hydrogen) atoms. The first-order valence-electron chi connectivity index (χ1n) is 10.3. The van der Waals surface area contributed by atoms with Crippen LogP contribution in [0.2, 0.25) is 0 Å². The highest BCUT2D eigenvalue weighted by Crippen LogP contribution is 2.31. The Morgan fingerprint density at radius 2 is 2.07 bits per heavy atom. The van der Waals surface area contributed by atoms with Crippen molar-refractivity contribution >= 4 is 11.9 Å². The Hall–Kier alpha value is -2.58. The lowest BCUT2D eigenvalue weighted by Crippen LogP contribution is -2.45. The van der Waals surface area contributed by atoms with E-state index in [1.807, 2.05) is 43.8 Å². The van der Waals surface area contributed by atoms with E-state index in [0.717, 1.165) is 5.56 Å². The molecule has 1 atom stereocenters. The van der Waals surface area contributed by atoms with Crippen molar-refractivity contribution in [2.75, 3.05) is 58.3 Å². The number of nitrogens with zero attached hydrogens (tertiary/aromatic N) is 5. The predicted octanol–water partition coefficient (Wildman–Crippen LogP) is 2.59. The molecule has 2 heterocycles. The third-order valence-electron chi connectivity index (χ3n) is 5.27. The number of hydrogen-bond donors (Lipinski definition) is 0. The molecule has 3 rings (SSSR count). The minimum Gasteiger partial charge on any atom is -0.369 e. The molecule has 1 aliphatic heterocycles. The van der Waals surface area contributed by atoms with Gasteiger partial charge in [-0.25, -0.2) is 14.4 Å². The Morgan fingerprint density at radius 1 is 1.30 bits per heavy atom. The van der Waals surface area contributed by atoms with E-state index in [0.29, 0.717) is 56.5 Å². The van der Waals surface area contributed by atoms with Gasteiger partial charge >= 0.3 is 0 Å². The molecule has 1 aliphatic rings. The van der Waals surface area contributed by atoms with E-state index in [-0.39, 0.29) is 17.8 Å². The molecule has 2 aromatic rings. The Bertz CT molecular complexity index is 872. The molecule has 0 saturated carbocycles. The maximum Gasteiger partial charge on any atom is 0.236 e. The van der Waals surface area contributed by atoms with Gasteiger partial charge in [-0.2, -0.15) is 0 Å². The number of amides is 1. The average Bonchev–Trinajstić information content (AvgIpc) is 2.74. The van der Waals surface area contributed by atoms with Crippen molar-refractivity contribution in [3.63, 3.8) is 0 Å². The lowest BCUT2D eigenvalue weighted by molar-refractivity contribution is -0.134. The summed E-state index contributed by atoms with van der Waals surface area (Å²) in [6.07, 6.45) is 1.39. The van der Waals surface area contributed by atoms with Crippen molar-refractivity contribution < 1.29 is 13.9 Å². The third-order valence-corrected chi connectivity index (χ3v) is 5.27. The van der Waals surface area contributed by atoms with Gasteiger partial charge in [-0.15, -0.1) is 0 Å². The summed E-state index contributed by atoms with van der Waals surface area (Å²) in [5.74, 6) is 0.360. The quantitative estimate of drug-likeness (QED) is 0.693. The van der Waals surface area contributed by atoms with Gasteiger partial charge in [0.05, 0.1) is 18.8 Å². The molecule has 0 aliphatic carbocycles. The first-order valence-corrected chi connectivity index (χ1v) is 10.3. The molecule has 162 valence electrons. The van der Waals surface area contributed by atoms with Crippen LogP contribution in [0, 0.1) is 5.82 Å². The largest absolute Gasteiger partial charge is 0.369 e. The van der Waals surface area contributed by atoms with Crippen molar-refractivity contribution in [2.24, 2.45) is 0 Å². The molecule has 1 fully saturated rings. The summed E-state index contributed by atoms with van der Waals surface area (Å²) >= 11 is 0. The maximum atomic E-state index is 13.9. The number of carbonyl (C=O) groups excluding carboxylic acids is 1. The fourth-order valence-electron chi connectivity index (χ4n) is 3.60. The second kappa shape index (κ2) is 9.95. The van der Waals surface area contributed by atoms with Gasteiger partial charge in [0.1, 0.15) is 11.9 Å². The van der Waals surface area contributed by atoms with E-state index in [4.69, 9.17) is 9.72 Å². The zero-order valence-electron chi connectivity index (χ0n) is 18.1. The van der Waals surface area contributed by atoms with Gasteiger partial charge in [0.2, 0.25) is 11.9 Å². The summed E-state index contributed by atoms with van der Waals surface area (Å²) < 4.78 is 19.9. The first kappa shape index (κ1) is 22.1. The molecular formula is C22H30FN5O2. The number of halogens is 1. The second-order valence-corrected chi connectivity index (χ2v) is 7.53. The zero-order valence-corrected chi connectivity index (χ0v) is 18.1. The molecular weight excluding hydrogens is 385 g/mol. The van der Waals surface area contributed by atoms with Gasteiger partial charge in [0, 0.05) is 52.0 Å². The van der Waals surface area contributed by atoms with E-state index in [9.17, 15) is 9.18 Å². The lowest BCUT2D eigenvalue weighted by Gasteiger charge is -2.34. The van der Waals surface area contributed by atoms with Crippen molar-refractivity contribution in [3.05, 3.63) is 42.0 Å². The summed E-state index contributed by atoms with van der Waals surface area (Å²) in [6, 6.07) is 6.40. The number of morpholine rings is 1. The standard InChI is InChI=1S/C22H30FN5O2/c1-5-28(6-2)20(29)15-27-10-11-30-19(14-27)21-18(13-24-22(25-21)26(3)4)16-8-7-9-17(23)12-16/h7-9,12-13,19H,5-6,10-11,14-15H2,1-4H3. The Labute approximate surface area is 177 Å². The fourth-order valence-corrected chi connectivity index (χ4v) is 3.60. The highest BCUT2D eigenvalue weighted by atomic mass is 19.1. The fraction of sp³-hybridized carbons (Fsp3) is 0.500. The predicted molar refractivity (Wildman–Crippen MR) is 115 cm³/mol. The smallest absolute Gasteiger partial charge is 0.236 e. The lowest BCUT2D eigenvalue weighted by atomic mass is 10.0. The van der Waals surface area contributed by atoms with Crippen LogP contribution < -0.4 is 4.90 Å².